The summed E-state index contributed by atoms with van der Waals surface area (Å²) in [6.07, 6.45) is 6.08. The van der Waals surface area contributed by atoms with Gasteiger partial charge in [0.05, 0.1) is 6.20 Å². The second-order valence-corrected chi connectivity index (χ2v) is 3.59. The molecule has 0 aliphatic carbocycles. The minimum Gasteiger partial charge on any atom is -0.396 e. The van der Waals surface area contributed by atoms with E-state index in [4.69, 9.17) is 5.11 Å². The van der Waals surface area contributed by atoms with E-state index in [1.807, 2.05) is 6.92 Å². The lowest BCUT2D eigenvalue weighted by molar-refractivity contribution is 0.0938. The molecule has 5 heteroatoms. The number of nitrogens with zero attached hydrogens (tertiary/aromatic N) is 2. The molecule has 1 aromatic heterocycles. The number of aliphatic hydroxyl groups excluding tert-OH is 1. The van der Waals surface area contributed by atoms with Gasteiger partial charge in [0, 0.05) is 25.5 Å². The molecule has 0 radical (unpaired) electrons. The predicted octanol–water partition coefficient (Wildman–Crippen LogP) is 0.615. The Kier molecular flexibility index (Phi) is 5.42. The number of amides is 1. The Morgan fingerprint density at radius 1 is 1.56 bits per heavy atom. The highest BCUT2D eigenvalue weighted by molar-refractivity contribution is 5.91. The van der Waals surface area contributed by atoms with E-state index in [0.717, 1.165) is 6.42 Å². The van der Waals surface area contributed by atoms with Crippen molar-refractivity contribution in [3.63, 3.8) is 0 Å². The van der Waals surface area contributed by atoms with E-state index in [0.29, 0.717) is 24.6 Å². The fourth-order valence-electron chi connectivity index (χ4n) is 1.38. The van der Waals surface area contributed by atoms with Gasteiger partial charge in [-0.15, -0.1) is 0 Å². The number of nitrogens with one attached hydrogen (secondary N) is 1. The van der Waals surface area contributed by atoms with Crippen molar-refractivity contribution in [2.75, 3.05) is 13.2 Å². The predicted molar refractivity (Wildman–Crippen MR) is 59.8 cm³/mol. The molecule has 88 valence electrons. The number of hydrogen-bond acceptors (Lipinski definition) is 4. The Labute approximate surface area is 94.9 Å². The average molecular weight is 223 g/mol. The van der Waals surface area contributed by atoms with Crippen LogP contribution in [-0.2, 0) is 0 Å². The quantitative estimate of drug-likeness (QED) is 0.741. The highest BCUT2D eigenvalue weighted by Crippen LogP contribution is 2.05. The van der Waals surface area contributed by atoms with Crippen LogP contribution in [-0.4, -0.2) is 34.1 Å². The largest absolute Gasteiger partial charge is 0.396 e. The molecule has 0 aliphatic rings. The van der Waals surface area contributed by atoms with E-state index in [2.05, 4.69) is 15.3 Å². The Hall–Kier alpha value is -1.49. The average Bonchev–Trinajstić information content (AvgIpc) is 2.35. The van der Waals surface area contributed by atoms with Gasteiger partial charge in [-0.05, 0) is 12.3 Å². The second-order valence-electron chi connectivity index (χ2n) is 3.59. The molecule has 5 nitrogen and oxygen atoms in total. The van der Waals surface area contributed by atoms with E-state index in [1.165, 1.54) is 18.6 Å². The molecule has 0 aromatic carbocycles. The van der Waals surface area contributed by atoms with Gasteiger partial charge in [0.15, 0.2) is 0 Å². The van der Waals surface area contributed by atoms with Crippen LogP contribution >= 0.6 is 0 Å². The zero-order chi connectivity index (χ0) is 11.8. The van der Waals surface area contributed by atoms with Crippen LogP contribution in [0.5, 0.6) is 0 Å². The molecule has 1 aromatic rings. The van der Waals surface area contributed by atoms with Crippen LogP contribution in [0.15, 0.2) is 18.6 Å². The number of rotatable bonds is 6. The van der Waals surface area contributed by atoms with Gasteiger partial charge in [-0.2, -0.15) is 0 Å². The third-order valence-electron chi connectivity index (χ3n) is 2.46. The summed E-state index contributed by atoms with van der Waals surface area (Å²) in [5.41, 5.74) is 0.321. The Bertz CT molecular complexity index is 316. The number of carbonyl (C=O) groups excluding carboxylic acids is 1. The third kappa shape index (κ3) is 3.94. The van der Waals surface area contributed by atoms with Crippen molar-refractivity contribution >= 4 is 5.91 Å². The van der Waals surface area contributed by atoms with Gasteiger partial charge in [0.25, 0.3) is 5.91 Å². The summed E-state index contributed by atoms with van der Waals surface area (Å²) >= 11 is 0. The lowest BCUT2D eigenvalue weighted by atomic mass is 10.0. The minimum atomic E-state index is -0.218. The van der Waals surface area contributed by atoms with E-state index < -0.39 is 0 Å². The molecule has 0 spiro atoms. The maximum Gasteiger partial charge on any atom is 0.271 e. The monoisotopic (exact) mass is 223 g/mol. The van der Waals surface area contributed by atoms with Crippen molar-refractivity contribution in [2.45, 2.75) is 19.8 Å². The topological polar surface area (TPSA) is 75.1 Å². The molecular weight excluding hydrogens is 206 g/mol. The van der Waals surface area contributed by atoms with Crippen LogP contribution in [0.3, 0.4) is 0 Å². The highest BCUT2D eigenvalue weighted by Gasteiger charge is 2.10. The van der Waals surface area contributed by atoms with Crippen LogP contribution in [0.4, 0.5) is 0 Å². The summed E-state index contributed by atoms with van der Waals surface area (Å²) in [6, 6.07) is 0. The van der Waals surface area contributed by atoms with Crippen molar-refractivity contribution in [2.24, 2.45) is 5.92 Å². The summed E-state index contributed by atoms with van der Waals surface area (Å²) in [6.45, 7) is 2.75. The molecule has 1 rings (SSSR count). The normalized spacial score (nSPS) is 12.1. The maximum atomic E-state index is 11.6. The molecular formula is C11H17N3O2. The molecule has 0 saturated carbocycles. The lowest BCUT2D eigenvalue weighted by Crippen LogP contribution is -2.30. The molecule has 1 unspecified atom stereocenters. The summed E-state index contributed by atoms with van der Waals surface area (Å²) in [5, 5.41) is 11.6. The SMILES string of the molecule is CCC(CCO)CNC(=O)c1cnccn1. The second kappa shape index (κ2) is 6.90. The summed E-state index contributed by atoms with van der Waals surface area (Å²) in [5.74, 6) is 0.0927. The molecule has 0 bridgehead atoms. The smallest absolute Gasteiger partial charge is 0.271 e. The first-order chi connectivity index (χ1) is 7.77. The number of aliphatic hydroxyl groups is 1. The van der Waals surface area contributed by atoms with Crippen LogP contribution < -0.4 is 5.32 Å². The van der Waals surface area contributed by atoms with E-state index >= 15 is 0 Å². The highest BCUT2D eigenvalue weighted by atomic mass is 16.3. The third-order valence-corrected chi connectivity index (χ3v) is 2.46. The fourth-order valence-corrected chi connectivity index (χ4v) is 1.38. The molecule has 0 fully saturated rings. The summed E-state index contributed by atoms with van der Waals surface area (Å²) < 4.78 is 0. The van der Waals surface area contributed by atoms with Crippen LogP contribution in [0.2, 0.25) is 0 Å². The molecule has 0 aliphatic heterocycles. The van der Waals surface area contributed by atoms with Crippen molar-refractivity contribution in [1.29, 1.82) is 0 Å². The molecule has 1 amide bonds. The molecule has 2 N–H and O–H groups in total. The van der Waals surface area contributed by atoms with E-state index in [9.17, 15) is 4.79 Å². The first-order valence-corrected chi connectivity index (χ1v) is 5.43. The first-order valence-electron chi connectivity index (χ1n) is 5.43. The number of hydrogen-bond donors (Lipinski definition) is 2. The lowest BCUT2D eigenvalue weighted by Gasteiger charge is -2.13. The molecule has 1 atom stereocenters. The van der Waals surface area contributed by atoms with E-state index in [-0.39, 0.29) is 12.5 Å². The maximum absolute atomic E-state index is 11.6. The summed E-state index contributed by atoms with van der Waals surface area (Å²) in [7, 11) is 0. The first kappa shape index (κ1) is 12.6. The van der Waals surface area contributed by atoms with Gasteiger partial charge in [-0.1, -0.05) is 13.3 Å². The van der Waals surface area contributed by atoms with Crippen molar-refractivity contribution in [3.05, 3.63) is 24.3 Å². The Morgan fingerprint density at radius 2 is 2.38 bits per heavy atom. The van der Waals surface area contributed by atoms with Crippen LogP contribution in [0.25, 0.3) is 0 Å². The standard InChI is InChI=1S/C11H17N3O2/c1-2-9(3-6-15)7-14-11(16)10-8-12-4-5-13-10/h4-5,8-9,15H,2-3,6-7H2,1H3,(H,14,16). The van der Waals surface area contributed by atoms with Crippen molar-refractivity contribution in [1.82, 2.24) is 15.3 Å². The van der Waals surface area contributed by atoms with Crippen molar-refractivity contribution in [3.8, 4) is 0 Å². The van der Waals surface area contributed by atoms with Crippen LogP contribution in [0.1, 0.15) is 30.3 Å². The van der Waals surface area contributed by atoms with Crippen molar-refractivity contribution < 1.29 is 9.90 Å². The van der Waals surface area contributed by atoms with E-state index in [1.54, 1.807) is 0 Å². The number of aromatic nitrogens is 2. The summed E-state index contributed by atoms with van der Waals surface area (Å²) in [4.78, 5) is 19.3. The van der Waals surface area contributed by atoms with Gasteiger partial charge < -0.3 is 10.4 Å². The molecule has 1 heterocycles. The fraction of sp³-hybridized carbons (Fsp3) is 0.545. The Morgan fingerprint density at radius 3 is 2.94 bits per heavy atom. The van der Waals surface area contributed by atoms with Gasteiger partial charge in [-0.25, -0.2) is 4.98 Å². The minimum absolute atomic E-state index is 0.152. The zero-order valence-corrected chi connectivity index (χ0v) is 9.39. The van der Waals surface area contributed by atoms with Gasteiger partial charge >= 0.3 is 0 Å². The number of carbonyl (C=O) groups is 1. The molecule has 0 saturated heterocycles. The van der Waals surface area contributed by atoms with Gasteiger partial charge in [0.2, 0.25) is 0 Å². The Balaban J connectivity index is 2.40. The zero-order valence-electron chi connectivity index (χ0n) is 9.39. The van der Waals surface area contributed by atoms with Gasteiger partial charge in [-0.3, -0.25) is 9.78 Å². The molecule has 16 heavy (non-hydrogen) atoms. The van der Waals surface area contributed by atoms with Gasteiger partial charge in [0.1, 0.15) is 5.69 Å². The van der Waals surface area contributed by atoms with Crippen LogP contribution in [0, 0.1) is 5.92 Å².